The van der Waals surface area contributed by atoms with Gasteiger partial charge >= 0.3 is 0 Å². The van der Waals surface area contributed by atoms with E-state index < -0.39 is 0 Å². The fourth-order valence-corrected chi connectivity index (χ4v) is 3.48. The van der Waals surface area contributed by atoms with Crippen molar-refractivity contribution >= 4 is 34.5 Å². The molecule has 2 rings (SSSR count). The summed E-state index contributed by atoms with van der Waals surface area (Å²) < 4.78 is 5.30. The number of benzene rings is 1. The zero-order chi connectivity index (χ0) is 14.5. The topological polar surface area (TPSA) is 21.3 Å². The first-order valence-electron chi connectivity index (χ1n) is 6.47. The lowest BCUT2D eigenvalue weighted by Gasteiger charge is -2.19. The van der Waals surface area contributed by atoms with E-state index in [0.29, 0.717) is 10.8 Å². The molecular formula is C15H17Cl2NOS. The van der Waals surface area contributed by atoms with Crippen molar-refractivity contribution in [3.05, 3.63) is 50.1 Å². The minimum atomic E-state index is 0.0635. The van der Waals surface area contributed by atoms with E-state index in [9.17, 15) is 0 Å². The second-order valence-corrected chi connectivity index (χ2v) is 6.18. The van der Waals surface area contributed by atoms with Gasteiger partial charge in [0, 0.05) is 4.88 Å². The first-order chi connectivity index (χ1) is 9.67. The number of hydrogen-bond donors (Lipinski definition) is 1. The van der Waals surface area contributed by atoms with Gasteiger partial charge in [0.25, 0.3) is 0 Å². The Hall–Kier alpha value is -0.740. The molecule has 2 aromatic rings. The Morgan fingerprint density at radius 3 is 2.65 bits per heavy atom. The lowest BCUT2D eigenvalue weighted by Crippen LogP contribution is -2.22. The molecule has 108 valence electrons. The van der Waals surface area contributed by atoms with Crippen LogP contribution in [0.3, 0.4) is 0 Å². The highest BCUT2D eigenvalue weighted by molar-refractivity contribution is 7.10. The molecule has 1 aromatic heterocycles. The molecule has 2 nitrogen and oxygen atoms in total. The van der Waals surface area contributed by atoms with Crippen molar-refractivity contribution in [1.29, 1.82) is 0 Å². The van der Waals surface area contributed by atoms with Crippen LogP contribution in [0.1, 0.15) is 29.8 Å². The maximum absolute atomic E-state index is 6.28. The van der Waals surface area contributed by atoms with Gasteiger partial charge in [-0.15, -0.1) is 11.3 Å². The third kappa shape index (κ3) is 3.47. The third-order valence-corrected chi connectivity index (χ3v) is 4.75. The number of thiophene rings is 1. The molecule has 1 heterocycles. The quantitative estimate of drug-likeness (QED) is 0.790. The van der Waals surface area contributed by atoms with Crippen LogP contribution in [-0.2, 0) is 0 Å². The molecule has 0 aliphatic heterocycles. The molecule has 0 aliphatic rings. The maximum atomic E-state index is 6.28. The highest BCUT2D eigenvalue weighted by Gasteiger charge is 2.19. The van der Waals surface area contributed by atoms with Gasteiger partial charge < -0.3 is 10.1 Å². The van der Waals surface area contributed by atoms with Crippen LogP contribution in [0.15, 0.2) is 29.6 Å². The molecule has 1 unspecified atom stereocenters. The second-order valence-electron chi connectivity index (χ2n) is 4.41. The van der Waals surface area contributed by atoms with E-state index in [4.69, 9.17) is 27.9 Å². The fourth-order valence-electron chi connectivity index (χ4n) is 2.02. The van der Waals surface area contributed by atoms with Gasteiger partial charge in [0.1, 0.15) is 5.75 Å². The van der Waals surface area contributed by atoms with Crippen molar-refractivity contribution in [2.24, 2.45) is 0 Å². The molecular weight excluding hydrogens is 313 g/mol. The molecule has 1 N–H and O–H groups in total. The molecule has 0 spiro atoms. The molecule has 0 bridgehead atoms. The average molecular weight is 330 g/mol. The zero-order valence-corrected chi connectivity index (χ0v) is 13.8. The van der Waals surface area contributed by atoms with E-state index >= 15 is 0 Å². The van der Waals surface area contributed by atoms with Gasteiger partial charge in [0.2, 0.25) is 0 Å². The standard InChI is InChI=1S/C15H17Cl2NOS/c1-3-7-18-14(15-12(17)6-8-20-15)10-4-5-11(16)13(9-10)19-2/h4-6,8-9,14,18H,3,7H2,1-2H3. The monoisotopic (exact) mass is 329 g/mol. The van der Waals surface area contributed by atoms with E-state index in [0.717, 1.165) is 28.4 Å². The number of halogens is 2. The Bertz CT molecular complexity index is 571. The average Bonchev–Trinajstić information content (AvgIpc) is 2.87. The molecule has 0 saturated carbocycles. The molecule has 0 fully saturated rings. The summed E-state index contributed by atoms with van der Waals surface area (Å²) in [4.78, 5) is 1.12. The van der Waals surface area contributed by atoms with Crippen molar-refractivity contribution in [3.8, 4) is 5.75 Å². The predicted octanol–water partition coefficient (Wildman–Crippen LogP) is 5.15. The van der Waals surface area contributed by atoms with Gasteiger partial charge in [-0.2, -0.15) is 0 Å². The van der Waals surface area contributed by atoms with Gasteiger partial charge in [-0.1, -0.05) is 36.2 Å². The predicted molar refractivity (Wildman–Crippen MR) is 87.5 cm³/mol. The van der Waals surface area contributed by atoms with Crippen LogP contribution < -0.4 is 10.1 Å². The van der Waals surface area contributed by atoms with Crippen molar-refractivity contribution in [2.75, 3.05) is 13.7 Å². The normalized spacial score (nSPS) is 12.4. The number of ether oxygens (including phenoxy) is 1. The molecule has 0 saturated heterocycles. The Morgan fingerprint density at radius 1 is 1.25 bits per heavy atom. The summed E-state index contributed by atoms with van der Waals surface area (Å²) in [5, 5.41) is 6.94. The summed E-state index contributed by atoms with van der Waals surface area (Å²) in [6.45, 7) is 3.06. The third-order valence-electron chi connectivity index (χ3n) is 3.01. The highest BCUT2D eigenvalue weighted by Crippen LogP contribution is 2.35. The van der Waals surface area contributed by atoms with Crippen LogP contribution in [0.25, 0.3) is 0 Å². The lowest BCUT2D eigenvalue weighted by molar-refractivity contribution is 0.414. The van der Waals surface area contributed by atoms with Crippen molar-refractivity contribution in [3.63, 3.8) is 0 Å². The van der Waals surface area contributed by atoms with E-state index in [1.807, 2.05) is 29.6 Å². The van der Waals surface area contributed by atoms with E-state index in [1.165, 1.54) is 0 Å². The van der Waals surface area contributed by atoms with Crippen LogP contribution in [0.2, 0.25) is 10.0 Å². The van der Waals surface area contributed by atoms with Gasteiger partial charge in [0.15, 0.2) is 0 Å². The van der Waals surface area contributed by atoms with Crippen LogP contribution in [0.4, 0.5) is 0 Å². The Kier molecular flexibility index (Phi) is 5.73. The highest BCUT2D eigenvalue weighted by atomic mass is 35.5. The summed E-state index contributed by atoms with van der Waals surface area (Å²) in [6, 6.07) is 7.82. The SMILES string of the molecule is CCCNC(c1ccc(Cl)c(OC)c1)c1sccc1Cl. The minimum absolute atomic E-state index is 0.0635. The second kappa shape index (κ2) is 7.32. The smallest absolute Gasteiger partial charge is 0.137 e. The first-order valence-corrected chi connectivity index (χ1v) is 8.10. The molecule has 0 aliphatic carbocycles. The Labute approximate surface area is 133 Å². The van der Waals surface area contributed by atoms with Crippen LogP contribution in [0, 0.1) is 0 Å². The van der Waals surface area contributed by atoms with E-state index in [1.54, 1.807) is 18.4 Å². The molecule has 0 amide bonds. The summed E-state index contributed by atoms with van der Waals surface area (Å²) in [7, 11) is 1.62. The van der Waals surface area contributed by atoms with Crippen LogP contribution in [0.5, 0.6) is 5.75 Å². The fraction of sp³-hybridized carbons (Fsp3) is 0.333. The van der Waals surface area contributed by atoms with Crippen molar-refractivity contribution < 1.29 is 4.74 Å². The number of nitrogens with one attached hydrogen (secondary N) is 1. The summed E-state index contributed by atoms with van der Waals surface area (Å²) in [5.74, 6) is 0.681. The van der Waals surface area contributed by atoms with Crippen LogP contribution in [-0.4, -0.2) is 13.7 Å². The minimum Gasteiger partial charge on any atom is -0.495 e. The molecule has 5 heteroatoms. The van der Waals surface area contributed by atoms with Gasteiger partial charge in [-0.05, 0) is 42.1 Å². The van der Waals surface area contributed by atoms with Crippen molar-refractivity contribution in [1.82, 2.24) is 5.32 Å². The molecule has 1 aromatic carbocycles. The summed E-state index contributed by atoms with van der Waals surface area (Å²) in [6.07, 6.45) is 1.06. The van der Waals surface area contributed by atoms with E-state index in [-0.39, 0.29) is 6.04 Å². The summed E-state index contributed by atoms with van der Waals surface area (Å²) >= 11 is 14.0. The summed E-state index contributed by atoms with van der Waals surface area (Å²) in [5.41, 5.74) is 1.10. The van der Waals surface area contributed by atoms with Crippen molar-refractivity contribution in [2.45, 2.75) is 19.4 Å². The van der Waals surface area contributed by atoms with Crippen LogP contribution >= 0.6 is 34.5 Å². The van der Waals surface area contributed by atoms with Gasteiger partial charge in [-0.3, -0.25) is 0 Å². The van der Waals surface area contributed by atoms with Gasteiger partial charge in [-0.25, -0.2) is 0 Å². The number of rotatable bonds is 6. The largest absolute Gasteiger partial charge is 0.495 e. The lowest BCUT2D eigenvalue weighted by atomic mass is 10.0. The Morgan fingerprint density at radius 2 is 2.05 bits per heavy atom. The molecule has 1 atom stereocenters. The molecule has 0 radical (unpaired) electrons. The van der Waals surface area contributed by atoms with E-state index in [2.05, 4.69) is 12.2 Å². The number of hydrogen-bond acceptors (Lipinski definition) is 3. The Balaban J connectivity index is 2.38. The van der Waals surface area contributed by atoms with Gasteiger partial charge in [0.05, 0.1) is 23.2 Å². The maximum Gasteiger partial charge on any atom is 0.137 e. The number of methoxy groups -OCH3 is 1. The zero-order valence-electron chi connectivity index (χ0n) is 11.5. The molecule has 20 heavy (non-hydrogen) atoms. The first kappa shape index (κ1) is 15.6.